The van der Waals surface area contributed by atoms with E-state index in [-0.39, 0.29) is 11.2 Å². The number of non-ortho nitro benzene ring substituents is 1. The lowest BCUT2D eigenvalue weighted by atomic mass is 10.2. The lowest BCUT2D eigenvalue weighted by molar-refractivity contribution is -0.384. The zero-order valence-corrected chi connectivity index (χ0v) is 15.9. The molecule has 0 bridgehead atoms. The Labute approximate surface area is 170 Å². The quantitative estimate of drug-likeness (QED) is 0.283. The minimum absolute atomic E-state index is 0.00243. The number of benzene rings is 3. The minimum Gasteiger partial charge on any atom is -0.457 e. The van der Waals surface area contributed by atoms with E-state index in [1.165, 1.54) is 28.9 Å². The van der Waals surface area contributed by atoms with Crippen molar-refractivity contribution in [3.05, 3.63) is 105 Å². The van der Waals surface area contributed by atoms with Gasteiger partial charge >= 0.3 is 0 Å². The van der Waals surface area contributed by atoms with E-state index in [9.17, 15) is 14.9 Å². The summed E-state index contributed by atoms with van der Waals surface area (Å²) in [5.74, 6) is 1.56. The van der Waals surface area contributed by atoms with Crippen molar-refractivity contribution in [3.8, 4) is 11.5 Å². The lowest BCUT2D eigenvalue weighted by Gasteiger charge is -2.06. The first kappa shape index (κ1) is 19.0. The Bertz CT molecular complexity index is 1310. The Balaban J connectivity index is 1.52. The summed E-state index contributed by atoms with van der Waals surface area (Å²) in [6.07, 6.45) is 1.57. The molecule has 0 unspecified atom stereocenters. The number of nitro groups is 1. The maximum atomic E-state index is 12.6. The molecule has 0 aliphatic heterocycles. The summed E-state index contributed by atoms with van der Waals surface area (Å²) in [6, 6.07) is 20.1. The summed E-state index contributed by atoms with van der Waals surface area (Å²) in [7, 11) is 0. The zero-order chi connectivity index (χ0) is 21.1. The summed E-state index contributed by atoms with van der Waals surface area (Å²) in [4.78, 5) is 27.3. The topological polar surface area (TPSA) is 99.6 Å². The zero-order valence-electron chi connectivity index (χ0n) is 15.9. The molecule has 1 heterocycles. The van der Waals surface area contributed by atoms with Gasteiger partial charge in [-0.15, -0.1) is 0 Å². The smallest absolute Gasteiger partial charge is 0.282 e. The molecule has 4 aromatic rings. The second-order valence-electron chi connectivity index (χ2n) is 6.46. The molecule has 0 aliphatic carbocycles. The highest BCUT2D eigenvalue weighted by atomic mass is 16.6. The molecule has 0 spiro atoms. The summed E-state index contributed by atoms with van der Waals surface area (Å²) in [5, 5.41) is 15.5. The first-order valence-corrected chi connectivity index (χ1v) is 9.06. The van der Waals surface area contributed by atoms with Crippen molar-refractivity contribution < 1.29 is 9.66 Å². The minimum atomic E-state index is -0.462. The van der Waals surface area contributed by atoms with Gasteiger partial charge in [-0.25, -0.2) is 4.98 Å². The van der Waals surface area contributed by atoms with Gasteiger partial charge in [0, 0.05) is 12.1 Å². The molecule has 3 aromatic carbocycles. The average molecular weight is 400 g/mol. The van der Waals surface area contributed by atoms with Gasteiger partial charge < -0.3 is 4.74 Å². The van der Waals surface area contributed by atoms with E-state index in [0.29, 0.717) is 28.2 Å². The number of ether oxygens (including phenoxy) is 1. The van der Waals surface area contributed by atoms with Crippen LogP contribution < -0.4 is 10.3 Å². The van der Waals surface area contributed by atoms with Crippen LogP contribution in [-0.4, -0.2) is 20.8 Å². The molecular formula is C22H16N4O4. The summed E-state index contributed by atoms with van der Waals surface area (Å²) in [6.45, 7) is 1.73. The highest BCUT2D eigenvalue weighted by Gasteiger charge is 2.07. The molecule has 0 atom stereocenters. The number of aryl methyl sites for hydroxylation is 1. The predicted molar refractivity (Wildman–Crippen MR) is 113 cm³/mol. The number of fused-ring (bicyclic) bond motifs is 1. The van der Waals surface area contributed by atoms with Crippen LogP contribution in [0.1, 0.15) is 11.4 Å². The fourth-order valence-electron chi connectivity index (χ4n) is 2.89. The molecule has 0 fully saturated rings. The van der Waals surface area contributed by atoms with E-state index in [0.717, 1.165) is 5.56 Å². The van der Waals surface area contributed by atoms with E-state index in [4.69, 9.17) is 4.74 Å². The molecular weight excluding hydrogens is 384 g/mol. The molecule has 8 nitrogen and oxygen atoms in total. The van der Waals surface area contributed by atoms with Crippen molar-refractivity contribution in [2.45, 2.75) is 6.92 Å². The highest BCUT2D eigenvalue weighted by Crippen LogP contribution is 2.23. The molecule has 30 heavy (non-hydrogen) atoms. The van der Waals surface area contributed by atoms with Gasteiger partial charge in [0.25, 0.3) is 11.2 Å². The third-order valence-electron chi connectivity index (χ3n) is 4.40. The van der Waals surface area contributed by atoms with Crippen molar-refractivity contribution in [1.29, 1.82) is 0 Å². The number of rotatable bonds is 5. The molecule has 8 heteroatoms. The average Bonchev–Trinajstić information content (AvgIpc) is 2.75. The van der Waals surface area contributed by atoms with Crippen LogP contribution in [-0.2, 0) is 0 Å². The predicted octanol–water partition coefficient (Wildman–Crippen LogP) is 4.29. The third kappa shape index (κ3) is 3.93. The van der Waals surface area contributed by atoms with E-state index < -0.39 is 4.92 Å². The largest absolute Gasteiger partial charge is 0.457 e. The number of para-hydroxylation sites is 1. The van der Waals surface area contributed by atoms with Crippen molar-refractivity contribution in [3.63, 3.8) is 0 Å². The Morgan fingerprint density at radius 1 is 1.00 bits per heavy atom. The fraction of sp³-hybridized carbons (Fsp3) is 0.0455. The van der Waals surface area contributed by atoms with Crippen LogP contribution in [0.15, 0.2) is 82.7 Å². The molecule has 148 valence electrons. The van der Waals surface area contributed by atoms with Gasteiger partial charge in [0.1, 0.15) is 17.3 Å². The van der Waals surface area contributed by atoms with Crippen LogP contribution in [0.5, 0.6) is 11.5 Å². The van der Waals surface area contributed by atoms with Crippen LogP contribution in [0.3, 0.4) is 0 Å². The number of hydrogen-bond donors (Lipinski definition) is 0. The molecule has 0 amide bonds. The van der Waals surface area contributed by atoms with E-state index in [2.05, 4.69) is 10.1 Å². The van der Waals surface area contributed by atoms with Crippen LogP contribution >= 0.6 is 0 Å². The van der Waals surface area contributed by atoms with Crippen LogP contribution in [0.4, 0.5) is 5.69 Å². The molecule has 4 rings (SSSR count). The van der Waals surface area contributed by atoms with Crippen LogP contribution in [0, 0.1) is 17.0 Å². The second-order valence-corrected chi connectivity index (χ2v) is 6.46. The first-order chi connectivity index (χ1) is 14.5. The lowest BCUT2D eigenvalue weighted by Crippen LogP contribution is -2.20. The summed E-state index contributed by atoms with van der Waals surface area (Å²) < 4.78 is 6.95. The standard InChI is InChI=1S/C22H16N4O4/c1-15-24-21-5-3-2-4-20(21)22(27)25(15)23-14-16-6-10-18(11-7-16)30-19-12-8-17(9-13-19)26(28)29/h2-14H,1H3/b23-14+. The van der Waals surface area contributed by atoms with Gasteiger partial charge in [0.05, 0.1) is 22.0 Å². The van der Waals surface area contributed by atoms with Crippen LogP contribution in [0.2, 0.25) is 0 Å². The Hall–Kier alpha value is -4.33. The summed E-state index contributed by atoms with van der Waals surface area (Å²) in [5.41, 5.74) is 1.18. The van der Waals surface area contributed by atoms with Crippen LogP contribution in [0.25, 0.3) is 10.9 Å². The molecule has 0 saturated carbocycles. The molecule has 1 aromatic heterocycles. The molecule has 0 N–H and O–H groups in total. The van der Waals surface area contributed by atoms with Gasteiger partial charge in [-0.3, -0.25) is 14.9 Å². The molecule has 0 radical (unpaired) electrons. The summed E-state index contributed by atoms with van der Waals surface area (Å²) >= 11 is 0. The highest BCUT2D eigenvalue weighted by molar-refractivity contribution is 5.80. The van der Waals surface area contributed by atoms with Gasteiger partial charge in [0.15, 0.2) is 0 Å². The van der Waals surface area contributed by atoms with Gasteiger partial charge in [0.2, 0.25) is 0 Å². The van der Waals surface area contributed by atoms with Gasteiger partial charge in [-0.05, 0) is 61.0 Å². The molecule has 0 aliphatic rings. The van der Waals surface area contributed by atoms with E-state index in [1.54, 1.807) is 55.6 Å². The number of nitro benzene ring substituents is 1. The molecule has 0 saturated heterocycles. The second kappa shape index (κ2) is 7.96. The SMILES string of the molecule is Cc1nc2ccccc2c(=O)n1/N=C/c1ccc(Oc2ccc([N+](=O)[O-])cc2)cc1. The van der Waals surface area contributed by atoms with Crippen molar-refractivity contribution in [1.82, 2.24) is 9.66 Å². The van der Waals surface area contributed by atoms with E-state index >= 15 is 0 Å². The van der Waals surface area contributed by atoms with Crippen molar-refractivity contribution in [2.24, 2.45) is 5.10 Å². The number of hydrogen-bond acceptors (Lipinski definition) is 6. The fourth-order valence-corrected chi connectivity index (χ4v) is 2.89. The Morgan fingerprint density at radius 2 is 1.63 bits per heavy atom. The monoisotopic (exact) mass is 400 g/mol. The van der Waals surface area contributed by atoms with Crippen molar-refractivity contribution in [2.75, 3.05) is 0 Å². The van der Waals surface area contributed by atoms with Gasteiger partial charge in [-0.2, -0.15) is 9.78 Å². The van der Waals surface area contributed by atoms with E-state index in [1.807, 2.05) is 6.07 Å². The third-order valence-corrected chi connectivity index (χ3v) is 4.40. The number of aromatic nitrogens is 2. The maximum absolute atomic E-state index is 12.6. The Kier molecular flexibility index (Phi) is 5.04. The van der Waals surface area contributed by atoms with Gasteiger partial charge in [-0.1, -0.05) is 12.1 Å². The number of nitrogens with zero attached hydrogens (tertiary/aromatic N) is 4. The van der Waals surface area contributed by atoms with Crippen molar-refractivity contribution >= 4 is 22.8 Å². The first-order valence-electron chi connectivity index (χ1n) is 9.06. The Morgan fingerprint density at radius 3 is 2.30 bits per heavy atom. The maximum Gasteiger partial charge on any atom is 0.282 e. The normalized spacial score (nSPS) is 11.1.